The minimum absolute atomic E-state index is 0.126. The molecule has 0 radical (unpaired) electrons. The van der Waals surface area contributed by atoms with Crippen molar-refractivity contribution in [2.75, 3.05) is 17.7 Å². The molecule has 34 heavy (non-hydrogen) atoms. The Balaban J connectivity index is 1.49. The Morgan fingerprint density at radius 1 is 1.06 bits per heavy atom. The van der Waals surface area contributed by atoms with Crippen LogP contribution in [-0.2, 0) is 16.6 Å². The summed E-state index contributed by atoms with van der Waals surface area (Å²) in [5.74, 6) is 0.177. The number of anilines is 1. The number of aryl methyl sites for hydroxylation is 1. The standard InChI is InChI=1S/C25H24N4O3S2/c1-4-32-24(31)21-19(17-11-6-5-7-12-17)14-33-23(21)26-20(30)15-34-25-28-27-22(29(25)3)18-13-9-8-10-16(18)2/h5-14H,4,15H2,1-3H3,(H,26,30). The molecule has 0 aliphatic rings. The number of hydrogen-bond donors (Lipinski definition) is 1. The average molecular weight is 493 g/mol. The average Bonchev–Trinajstić information content (AvgIpc) is 3.42. The second-order valence-corrected chi connectivity index (χ2v) is 9.28. The molecule has 7 nitrogen and oxygen atoms in total. The number of carbonyl (C=O) groups is 2. The topological polar surface area (TPSA) is 86.1 Å². The monoisotopic (exact) mass is 492 g/mol. The highest BCUT2D eigenvalue weighted by Crippen LogP contribution is 2.36. The summed E-state index contributed by atoms with van der Waals surface area (Å²) in [7, 11) is 1.88. The van der Waals surface area contributed by atoms with Gasteiger partial charge in [-0.05, 0) is 25.0 Å². The Morgan fingerprint density at radius 2 is 1.79 bits per heavy atom. The Morgan fingerprint density at radius 3 is 2.53 bits per heavy atom. The van der Waals surface area contributed by atoms with Crippen LogP contribution in [0.4, 0.5) is 5.00 Å². The number of nitrogens with one attached hydrogen (secondary N) is 1. The summed E-state index contributed by atoms with van der Waals surface area (Å²) in [6.07, 6.45) is 0. The van der Waals surface area contributed by atoms with E-state index in [9.17, 15) is 9.59 Å². The zero-order valence-corrected chi connectivity index (χ0v) is 20.7. The molecular formula is C25H24N4O3S2. The highest BCUT2D eigenvalue weighted by atomic mass is 32.2. The molecule has 174 valence electrons. The minimum Gasteiger partial charge on any atom is -0.462 e. The third-order valence-electron chi connectivity index (χ3n) is 5.16. The third-order valence-corrected chi connectivity index (χ3v) is 7.08. The van der Waals surface area contributed by atoms with Gasteiger partial charge in [-0.15, -0.1) is 21.5 Å². The van der Waals surface area contributed by atoms with Crippen molar-refractivity contribution in [1.82, 2.24) is 14.8 Å². The molecular weight excluding hydrogens is 468 g/mol. The van der Waals surface area contributed by atoms with Crippen LogP contribution in [-0.4, -0.2) is 39.0 Å². The number of ether oxygens (including phenoxy) is 1. The van der Waals surface area contributed by atoms with E-state index < -0.39 is 5.97 Å². The van der Waals surface area contributed by atoms with Gasteiger partial charge in [-0.1, -0.05) is 66.4 Å². The van der Waals surface area contributed by atoms with Crippen LogP contribution in [0.25, 0.3) is 22.5 Å². The highest BCUT2D eigenvalue weighted by molar-refractivity contribution is 7.99. The van der Waals surface area contributed by atoms with Crippen LogP contribution in [0.5, 0.6) is 0 Å². The van der Waals surface area contributed by atoms with Crippen molar-refractivity contribution >= 4 is 40.0 Å². The molecule has 0 aliphatic heterocycles. The lowest BCUT2D eigenvalue weighted by Crippen LogP contribution is -2.16. The van der Waals surface area contributed by atoms with E-state index in [0.717, 1.165) is 28.1 Å². The SMILES string of the molecule is CCOC(=O)c1c(-c2ccccc2)csc1NC(=O)CSc1nnc(-c2ccccc2C)n1C. The second-order valence-electron chi connectivity index (χ2n) is 7.46. The van der Waals surface area contributed by atoms with Gasteiger partial charge in [-0.2, -0.15) is 0 Å². The van der Waals surface area contributed by atoms with E-state index in [4.69, 9.17) is 4.74 Å². The van der Waals surface area contributed by atoms with Crippen LogP contribution in [0.1, 0.15) is 22.8 Å². The Bertz CT molecular complexity index is 1310. The molecule has 2 aromatic heterocycles. The fourth-order valence-electron chi connectivity index (χ4n) is 3.48. The molecule has 0 aliphatic carbocycles. The maximum atomic E-state index is 12.8. The zero-order chi connectivity index (χ0) is 24.1. The summed E-state index contributed by atoms with van der Waals surface area (Å²) >= 11 is 2.60. The lowest BCUT2D eigenvalue weighted by atomic mass is 10.0. The summed E-state index contributed by atoms with van der Waals surface area (Å²) in [5.41, 5.74) is 4.10. The lowest BCUT2D eigenvalue weighted by molar-refractivity contribution is -0.113. The maximum absolute atomic E-state index is 12.8. The van der Waals surface area contributed by atoms with Gasteiger partial charge in [-0.3, -0.25) is 4.79 Å². The molecule has 0 atom stereocenters. The number of aromatic nitrogens is 3. The Hall–Kier alpha value is -3.43. The minimum atomic E-state index is -0.457. The van der Waals surface area contributed by atoms with Gasteiger partial charge < -0.3 is 14.6 Å². The van der Waals surface area contributed by atoms with Gasteiger partial charge in [0.05, 0.1) is 12.4 Å². The molecule has 4 aromatic rings. The van der Waals surface area contributed by atoms with Gasteiger partial charge in [0.15, 0.2) is 11.0 Å². The fraction of sp³-hybridized carbons (Fsp3) is 0.200. The van der Waals surface area contributed by atoms with Crippen molar-refractivity contribution in [2.45, 2.75) is 19.0 Å². The van der Waals surface area contributed by atoms with Gasteiger partial charge >= 0.3 is 5.97 Å². The molecule has 2 aromatic carbocycles. The molecule has 0 unspecified atom stereocenters. The van der Waals surface area contributed by atoms with E-state index in [2.05, 4.69) is 15.5 Å². The first kappa shape index (κ1) is 23.7. The zero-order valence-electron chi connectivity index (χ0n) is 19.1. The molecule has 1 amide bonds. The first-order valence-corrected chi connectivity index (χ1v) is 12.6. The number of esters is 1. The number of nitrogens with zero attached hydrogens (tertiary/aromatic N) is 3. The van der Waals surface area contributed by atoms with Crippen LogP contribution in [0, 0.1) is 6.92 Å². The number of thioether (sulfide) groups is 1. The molecule has 0 spiro atoms. The van der Waals surface area contributed by atoms with Crippen LogP contribution < -0.4 is 5.32 Å². The van der Waals surface area contributed by atoms with Crippen molar-refractivity contribution in [2.24, 2.45) is 7.05 Å². The van der Waals surface area contributed by atoms with E-state index in [1.54, 1.807) is 6.92 Å². The van der Waals surface area contributed by atoms with E-state index in [1.165, 1.54) is 23.1 Å². The van der Waals surface area contributed by atoms with E-state index >= 15 is 0 Å². The van der Waals surface area contributed by atoms with Crippen LogP contribution in [0.2, 0.25) is 0 Å². The van der Waals surface area contributed by atoms with Crippen LogP contribution in [0.15, 0.2) is 65.1 Å². The first-order valence-electron chi connectivity index (χ1n) is 10.7. The van der Waals surface area contributed by atoms with Crippen molar-refractivity contribution in [1.29, 1.82) is 0 Å². The van der Waals surface area contributed by atoms with Crippen LogP contribution in [0.3, 0.4) is 0 Å². The van der Waals surface area contributed by atoms with E-state index in [-0.39, 0.29) is 18.3 Å². The maximum Gasteiger partial charge on any atom is 0.341 e. The molecule has 0 saturated carbocycles. The molecule has 0 fully saturated rings. The highest BCUT2D eigenvalue weighted by Gasteiger charge is 2.23. The summed E-state index contributed by atoms with van der Waals surface area (Å²) in [6.45, 7) is 4.03. The molecule has 0 saturated heterocycles. The fourth-order valence-corrected chi connectivity index (χ4v) is 5.16. The van der Waals surface area contributed by atoms with Gasteiger partial charge in [0.2, 0.25) is 5.91 Å². The molecule has 9 heteroatoms. The van der Waals surface area contributed by atoms with Crippen molar-refractivity contribution in [3.8, 4) is 22.5 Å². The lowest BCUT2D eigenvalue weighted by Gasteiger charge is -2.09. The summed E-state index contributed by atoms with van der Waals surface area (Å²) in [5, 5.41) is 14.4. The Kier molecular flexibility index (Phi) is 7.44. The first-order chi connectivity index (χ1) is 16.5. The second kappa shape index (κ2) is 10.7. The predicted octanol–water partition coefficient (Wildman–Crippen LogP) is 5.43. The number of benzene rings is 2. The quantitative estimate of drug-likeness (QED) is 0.261. The Labute approximate surface area is 206 Å². The van der Waals surface area contributed by atoms with Crippen LogP contribution >= 0.6 is 23.1 Å². The summed E-state index contributed by atoms with van der Waals surface area (Å²) in [6, 6.07) is 17.5. The summed E-state index contributed by atoms with van der Waals surface area (Å²) < 4.78 is 7.14. The van der Waals surface area contributed by atoms with Gasteiger partial charge in [0, 0.05) is 23.6 Å². The number of hydrogen-bond acceptors (Lipinski definition) is 7. The van der Waals surface area contributed by atoms with E-state index in [1.807, 2.05) is 78.5 Å². The molecule has 2 heterocycles. The largest absolute Gasteiger partial charge is 0.462 e. The smallest absolute Gasteiger partial charge is 0.341 e. The van der Waals surface area contributed by atoms with E-state index in [0.29, 0.717) is 15.7 Å². The number of thiophene rings is 1. The van der Waals surface area contributed by atoms with Crippen molar-refractivity contribution in [3.63, 3.8) is 0 Å². The van der Waals surface area contributed by atoms with Gasteiger partial charge in [-0.25, -0.2) is 4.79 Å². The third kappa shape index (κ3) is 5.05. The van der Waals surface area contributed by atoms with Crippen molar-refractivity contribution in [3.05, 3.63) is 71.1 Å². The number of amides is 1. The number of rotatable bonds is 8. The van der Waals surface area contributed by atoms with Crippen molar-refractivity contribution < 1.29 is 14.3 Å². The normalized spacial score (nSPS) is 10.8. The van der Waals surface area contributed by atoms with Gasteiger partial charge in [0.25, 0.3) is 0 Å². The summed E-state index contributed by atoms with van der Waals surface area (Å²) in [4.78, 5) is 25.5. The number of carbonyl (C=O) groups excluding carboxylic acids is 2. The molecule has 0 bridgehead atoms. The predicted molar refractivity (Wildman–Crippen MR) is 136 cm³/mol. The molecule has 4 rings (SSSR count). The van der Waals surface area contributed by atoms with Gasteiger partial charge in [0.1, 0.15) is 10.6 Å². The molecule has 1 N–H and O–H groups in total.